The molecule has 0 aromatic carbocycles. The minimum atomic E-state index is -0.925. The molecule has 1 heterocycles. The summed E-state index contributed by atoms with van der Waals surface area (Å²) in [6, 6.07) is -0.408. The van der Waals surface area contributed by atoms with Crippen LogP contribution < -0.4 is 10.6 Å². The summed E-state index contributed by atoms with van der Waals surface area (Å²) in [5, 5.41) is 19.1. The van der Waals surface area contributed by atoms with E-state index in [-0.39, 0.29) is 12.5 Å². The number of carbonyl (C=O) groups is 1. The third kappa shape index (κ3) is 3.69. The fraction of sp³-hybridized carbons (Fsp3) is 0.727. The van der Waals surface area contributed by atoms with Gasteiger partial charge in [-0.3, -0.25) is 5.32 Å². The summed E-state index contributed by atoms with van der Waals surface area (Å²) in [4.78, 5) is 15.5. The first kappa shape index (κ1) is 14.4. The van der Waals surface area contributed by atoms with Crippen molar-refractivity contribution in [3.05, 3.63) is 6.33 Å². The zero-order valence-electron chi connectivity index (χ0n) is 11.3. The molecule has 0 bridgehead atoms. The maximum Gasteiger partial charge on any atom is 0.321 e. The molecule has 2 amide bonds. The van der Waals surface area contributed by atoms with E-state index in [2.05, 4.69) is 20.7 Å². The number of nitrogens with one attached hydrogen (secondary N) is 2. The Kier molecular flexibility index (Phi) is 4.66. The van der Waals surface area contributed by atoms with Crippen LogP contribution in [0.3, 0.4) is 0 Å². The Bertz CT molecular complexity index is 402. The molecule has 3 N–H and O–H groups in total. The van der Waals surface area contributed by atoms with Gasteiger partial charge in [-0.1, -0.05) is 20.3 Å². The predicted molar refractivity (Wildman–Crippen MR) is 68.1 cm³/mol. The highest BCUT2D eigenvalue weighted by Crippen LogP contribution is 2.18. The standard InChI is InChI=1S/C11H21N5O2/c1-5-8(2)11(3,18)6-12-10(17)15-9-13-7-14-16(9)4/h7-8,18H,5-6H2,1-4H3,(H2,12,13,14,15,17). The normalized spacial score (nSPS) is 15.8. The molecule has 1 aromatic rings. The van der Waals surface area contributed by atoms with Crippen LogP contribution in [0.4, 0.5) is 10.7 Å². The van der Waals surface area contributed by atoms with E-state index < -0.39 is 11.6 Å². The van der Waals surface area contributed by atoms with Crippen molar-refractivity contribution in [3.8, 4) is 0 Å². The highest BCUT2D eigenvalue weighted by Gasteiger charge is 2.27. The number of aryl methyl sites for hydroxylation is 1. The lowest BCUT2D eigenvalue weighted by molar-refractivity contribution is 0.00826. The van der Waals surface area contributed by atoms with E-state index in [1.807, 2.05) is 13.8 Å². The topological polar surface area (TPSA) is 92.1 Å². The second kappa shape index (κ2) is 5.81. The second-order valence-corrected chi connectivity index (χ2v) is 4.68. The Morgan fingerprint density at radius 3 is 2.83 bits per heavy atom. The summed E-state index contributed by atoms with van der Waals surface area (Å²) in [5.41, 5.74) is -0.925. The molecule has 7 nitrogen and oxygen atoms in total. The summed E-state index contributed by atoms with van der Waals surface area (Å²) in [7, 11) is 1.68. The van der Waals surface area contributed by atoms with Gasteiger partial charge in [-0.25, -0.2) is 9.48 Å². The monoisotopic (exact) mass is 255 g/mol. The minimum Gasteiger partial charge on any atom is -0.388 e. The average Bonchev–Trinajstić information content (AvgIpc) is 2.71. The molecular weight excluding hydrogens is 234 g/mol. The van der Waals surface area contributed by atoms with Gasteiger partial charge in [-0.15, -0.1) is 0 Å². The molecule has 0 radical (unpaired) electrons. The smallest absolute Gasteiger partial charge is 0.321 e. The Labute approximate surface area is 107 Å². The number of carbonyl (C=O) groups excluding carboxylic acids is 1. The molecule has 2 unspecified atom stereocenters. The van der Waals surface area contributed by atoms with E-state index in [9.17, 15) is 9.90 Å². The van der Waals surface area contributed by atoms with Crippen LogP contribution in [-0.4, -0.2) is 38.0 Å². The number of urea groups is 1. The predicted octanol–water partition coefficient (Wildman–Crippen LogP) is 0.734. The van der Waals surface area contributed by atoms with Crippen LogP contribution >= 0.6 is 0 Å². The lowest BCUT2D eigenvalue weighted by Gasteiger charge is -2.29. The van der Waals surface area contributed by atoms with Crippen LogP contribution in [0.5, 0.6) is 0 Å². The largest absolute Gasteiger partial charge is 0.388 e. The molecular formula is C11H21N5O2. The lowest BCUT2D eigenvalue weighted by atomic mass is 9.89. The van der Waals surface area contributed by atoms with E-state index in [0.717, 1.165) is 6.42 Å². The molecule has 18 heavy (non-hydrogen) atoms. The lowest BCUT2D eigenvalue weighted by Crippen LogP contribution is -2.46. The van der Waals surface area contributed by atoms with Crippen molar-refractivity contribution in [2.75, 3.05) is 11.9 Å². The summed E-state index contributed by atoms with van der Waals surface area (Å²) in [6.45, 7) is 5.84. The van der Waals surface area contributed by atoms with Crippen molar-refractivity contribution in [3.63, 3.8) is 0 Å². The minimum absolute atomic E-state index is 0.104. The number of rotatable bonds is 5. The van der Waals surface area contributed by atoms with Gasteiger partial charge in [0.1, 0.15) is 6.33 Å². The molecule has 1 aromatic heterocycles. The fourth-order valence-electron chi connectivity index (χ4n) is 1.43. The van der Waals surface area contributed by atoms with E-state index >= 15 is 0 Å². The molecule has 0 fully saturated rings. The zero-order chi connectivity index (χ0) is 13.8. The SMILES string of the molecule is CCC(C)C(C)(O)CNC(=O)Nc1ncnn1C. The van der Waals surface area contributed by atoms with Crippen LogP contribution in [-0.2, 0) is 7.05 Å². The van der Waals surface area contributed by atoms with E-state index in [1.54, 1.807) is 14.0 Å². The maximum atomic E-state index is 11.6. The zero-order valence-corrected chi connectivity index (χ0v) is 11.3. The molecule has 1 rings (SSSR count). The van der Waals surface area contributed by atoms with Gasteiger partial charge < -0.3 is 10.4 Å². The summed E-state index contributed by atoms with van der Waals surface area (Å²) >= 11 is 0. The van der Waals surface area contributed by atoms with Gasteiger partial charge in [0.15, 0.2) is 0 Å². The number of aliphatic hydroxyl groups is 1. The van der Waals surface area contributed by atoms with Gasteiger partial charge in [0.25, 0.3) is 0 Å². The second-order valence-electron chi connectivity index (χ2n) is 4.68. The average molecular weight is 255 g/mol. The number of anilines is 1. The van der Waals surface area contributed by atoms with Gasteiger partial charge in [-0.2, -0.15) is 10.1 Å². The van der Waals surface area contributed by atoms with Gasteiger partial charge in [0.2, 0.25) is 5.95 Å². The van der Waals surface area contributed by atoms with Gasteiger partial charge >= 0.3 is 6.03 Å². The Morgan fingerprint density at radius 2 is 2.33 bits per heavy atom. The van der Waals surface area contributed by atoms with E-state index in [1.165, 1.54) is 11.0 Å². The first-order valence-corrected chi connectivity index (χ1v) is 5.98. The number of hydrogen-bond acceptors (Lipinski definition) is 4. The van der Waals surface area contributed by atoms with Crippen LogP contribution in [0, 0.1) is 5.92 Å². The number of hydrogen-bond donors (Lipinski definition) is 3. The van der Waals surface area contributed by atoms with Crippen LogP contribution in [0.15, 0.2) is 6.33 Å². The third-order valence-corrected chi connectivity index (χ3v) is 3.22. The first-order valence-electron chi connectivity index (χ1n) is 5.98. The van der Waals surface area contributed by atoms with Gasteiger partial charge in [0, 0.05) is 13.6 Å². The molecule has 0 aliphatic carbocycles. The molecule has 102 valence electrons. The van der Waals surface area contributed by atoms with E-state index in [4.69, 9.17) is 0 Å². The Hall–Kier alpha value is -1.63. The Balaban J connectivity index is 2.45. The number of aromatic nitrogens is 3. The van der Waals surface area contributed by atoms with E-state index in [0.29, 0.717) is 5.95 Å². The Morgan fingerprint density at radius 1 is 1.67 bits per heavy atom. The summed E-state index contributed by atoms with van der Waals surface area (Å²) in [5.74, 6) is 0.461. The summed E-state index contributed by atoms with van der Waals surface area (Å²) < 4.78 is 1.45. The molecule has 0 aliphatic heterocycles. The molecule has 0 saturated heterocycles. The van der Waals surface area contributed by atoms with Gasteiger partial charge in [0.05, 0.1) is 5.60 Å². The quantitative estimate of drug-likeness (QED) is 0.723. The van der Waals surface area contributed by atoms with Crippen molar-refractivity contribution in [2.45, 2.75) is 32.8 Å². The first-order chi connectivity index (χ1) is 8.36. The van der Waals surface area contributed by atoms with Crippen LogP contribution in [0.2, 0.25) is 0 Å². The summed E-state index contributed by atoms with van der Waals surface area (Å²) in [6.07, 6.45) is 2.20. The molecule has 0 spiro atoms. The highest BCUT2D eigenvalue weighted by molar-refractivity contribution is 5.87. The highest BCUT2D eigenvalue weighted by atomic mass is 16.3. The van der Waals surface area contributed by atoms with Crippen molar-refractivity contribution in [1.82, 2.24) is 20.1 Å². The fourth-order valence-corrected chi connectivity index (χ4v) is 1.43. The van der Waals surface area contributed by atoms with Crippen molar-refractivity contribution >= 4 is 12.0 Å². The molecule has 0 saturated carbocycles. The number of nitrogens with zero attached hydrogens (tertiary/aromatic N) is 3. The molecule has 7 heteroatoms. The van der Waals surface area contributed by atoms with Crippen LogP contribution in [0.1, 0.15) is 27.2 Å². The maximum absolute atomic E-state index is 11.6. The van der Waals surface area contributed by atoms with Gasteiger partial charge in [-0.05, 0) is 12.8 Å². The van der Waals surface area contributed by atoms with Crippen molar-refractivity contribution < 1.29 is 9.90 Å². The van der Waals surface area contributed by atoms with Crippen molar-refractivity contribution in [1.29, 1.82) is 0 Å². The van der Waals surface area contributed by atoms with Crippen LogP contribution in [0.25, 0.3) is 0 Å². The number of amides is 2. The molecule has 0 aliphatic rings. The molecule has 2 atom stereocenters. The van der Waals surface area contributed by atoms with Crippen molar-refractivity contribution in [2.24, 2.45) is 13.0 Å². The third-order valence-electron chi connectivity index (χ3n) is 3.22.